The molecule has 5 N–H and O–H groups in total. The van der Waals surface area contributed by atoms with Crippen molar-refractivity contribution in [3.05, 3.63) is 36.0 Å². The third-order valence-electron chi connectivity index (χ3n) is 5.63. The molecular weight excluding hydrogens is 372 g/mol. The average Bonchev–Trinajstić information content (AvgIpc) is 3.31. The first-order valence-corrected chi connectivity index (χ1v) is 10.00. The normalized spacial score (nSPS) is 19.8. The number of carboxylic acid groups (broad SMARTS) is 1. The van der Waals surface area contributed by atoms with E-state index in [-0.39, 0.29) is 11.8 Å². The predicted octanol–water partition coefficient (Wildman–Crippen LogP) is 1.39. The molecule has 3 unspecified atom stereocenters. The first-order valence-electron chi connectivity index (χ1n) is 10.00. The zero-order valence-electron chi connectivity index (χ0n) is 16.6. The highest BCUT2D eigenvalue weighted by Crippen LogP contribution is 2.26. The highest BCUT2D eigenvalue weighted by molar-refractivity contribution is 6.00. The van der Waals surface area contributed by atoms with Crippen LogP contribution in [0.5, 0.6) is 0 Å². The van der Waals surface area contributed by atoms with E-state index in [1.165, 1.54) is 0 Å². The van der Waals surface area contributed by atoms with Crippen LogP contribution in [-0.4, -0.2) is 46.1 Å². The molecule has 0 aliphatic heterocycles. The van der Waals surface area contributed by atoms with E-state index in [0.29, 0.717) is 37.8 Å². The summed E-state index contributed by atoms with van der Waals surface area (Å²) in [6.45, 7) is 0.399. The molecule has 1 saturated carbocycles. The minimum atomic E-state index is -0.897. The predicted molar refractivity (Wildman–Crippen MR) is 109 cm³/mol. The summed E-state index contributed by atoms with van der Waals surface area (Å²) >= 11 is 0. The summed E-state index contributed by atoms with van der Waals surface area (Å²) in [6.07, 6.45) is 4.83. The van der Waals surface area contributed by atoms with Crippen molar-refractivity contribution in [1.82, 2.24) is 15.2 Å². The molecule has 2 amide bonds. The van der Waals surface area contributed by atoms with Gasteiger partial charge < -0.3 is 26.0 Å². The summed E-state index contributed by atoms with van der Waals surface area (Å²) in [5.41, 5.74) is 6.98. The van der Waals surface area contributed by atoms with Crippen LogP contribution in [0.4, 0.5) is 0 Å². The van der Waals surface area contributed by atoms with Crippen LogP contribution in [0.15, 0.2) is 30.5 Å². The van der Waals surface area contributed by atoms with Gasteiger partial charge in [-0.05, 0) is 55.8 Å². The molecule has 1 heterocycles. The van der Waals surface area contributed by atoms with Gasteiger partial charge in [0.15, 0.2) is 0 Å². The zero-order valence-corrected chi connectivity index (χ0v) is 16.6. The molecule has 0 saturated heterocycles. The van der Waals surface area contributed by atoms with Gasteiger partial charge >= 0.3 is 5.97 Å². The van der Waals surface area contributed by atoms with Crippen molar-refractivity contribution in [1.29, 1.82) is 0 Å². The Morgan fingerprint density at radius 2 is 2.07 bits per heavy atom. The minimum absolute atomic E-state index is 0.341. The van der Waals surface area contributed by atoms with E-state index >= 15 is 0 Å². The number of carbonyl (C=O) groups excluding carboxylic acids is 2. The fourth-order valence-electron chi connectivity index (χ4n) is 3.95. The third-order valence-corrected chi connectivity index (χ3v) is 5.63. The maximum Gasteiger partial charge on any atom is 0.308 e. The van der Waals surface area contributed by atoms with Crippen molar-refractivity contribution in [3.8, 4) is 0 Å². The van der Waals surface area contributed by atoms with Gasteiger partial charge in [-0.1, -0.05) is 12.5 Å². The molecule has 29 heavy (non-hydrogen) atoms. The van der Waals surface area contributed by atoms with E-state index in [9.17, 15) is 19.5 Å². The van der Waals surface area contributed by atoms with Gasteiger partial charge in [0.1, 0.15) is 6.04 Å². The number of carbonyl (C=O) groups is 3. The molecule has 0 radical (unpaired) electrons. The van der Waals surface area contributed by atoms with Gasteiger partial charge in [0.05, 0.1) is 5.92 Å². The number of amides is 2. The molecular formula is C21H28N4O4. The van der Waals surface area contributed by atoms with Crippen LogP contribution in [0.2, 0.25) is 0 Å². The third kappa shape index (κ3) is 4.76. The van der Waals surface area contributed by atoms with Gasteiger partial charge in [-0.15, -0.1) is 0 Å². The molecule has 0 spiro atoms. The van der Waals surface area contributed by atoms with Gasteiger partial charge in [0.25, 0.3) is 5.91 Å². The average molecular weight is 400 g/mol. The van der Waals surface area contributed by atoms with Crippen molar-refractivity contribution in [2.24, 2.45) is 18.7 Å². The standard InChI is InChI=1S/C21H28N4O4/c1-25-11-9-13-7-8-14(12-18(13)25)19(26)24-17(6-3-10-22)20(27)23-16-5-2-4-15(16)21(28)29/h7-9,11-12,15-17H,2-6,10,22H2,1H3,(H,23,27)(H,24,26)(H,28,29). The maximum absolute atomic E-state index is 12.8. The van der Waals surface area contributed by atoms with Gasteiger partial charge in [0.2, 0.25) is 5.91 Å². The number of nitrogens with two attached hydrogens (primary N) is 1. The van der Waals surface area contributed by atoms with Gasteiger partial charge in [-0.3, -0.25) is 14.4 Å². The molecule has 1 aromatic carbocycles. The second-order valence-electron chi connectivity index (χ2n) is 7.65. The van der Waals surface area contributed by atoms with E-state index in [1.807, 2.05) is 29.9 Å². The number of nitrogens with zero attached hydrogens (tertiary/aromatic N) is 1. The number of hydrogen-bond donors (Lipinski definition) is 4. The SMILES string of the molecule is Cn1ccc2ccc(C(=O)NC(CCCN)C(=O)NC3CCCC3C(=O)O)cc21. The first kappa shape index (κ1) is 20.9. The van der Waals surface area contributed by atoms with Crippen molar-refractivity contribution >= 4 is 28.7 Å². The Morgan fingerprint density at radius 3 is 2.79 bits per heavy atom. The number of aliphatic carboxylic acids is 1. The van der Waals surface area contributed by atoms with Gasteiger partial charge in [-0.2, -0.15) is 0 Å². The molecule has 8 nitrogen and oxygen atoms in total. The lowest BCUT2D eigenvalue weighted by Crippen LogP contribution is -2.51. The molecule has 1 aromatic heterocycles. The first-order chi connectivity index (χ1) is 13.9. The lowest BCUT2D eigenvalue weighted by atomic mass is 10.0. The molecule has 156 valence electrons. The molecule has 0 bridgehead atoms. The van der Waals surface area contributed by atoms with E-state index < -0.39 is 24.0 Å². The Balaban J connectivity index is 1.71. The van der Waals surface area contributed by atoms with E-state index in [0.717, 1.165) is 17.3 Å². The summed E-state index contributed by atoms with van der Waals surface area (Å²) in [4.78, 5) is 37.0. The smallest absolute Gasteiger partial charge is 0.308 e. The molecule has 1 aliphatic rings. The molecule has 8 heteroatoms. The molecule has 3 rings (SSSR count). The van der Waals surface area contributed by atoms with E-state index in [2.05, 4.69) is 10.6 Å². The summed E-state index contributed by atoms with van der Waals surface area (Å²) in [5.74, 6) is -2.17. The number of aromatic nitrogens is 1. The fraction of sp³-hybridized carbons (Fsp3) is 0.476. The summed E-state index contributed by atoms with van der Waals surface area (Å²) < 4.78 is 1.93. The quantitative estimate of drug-likeness (QED) is 0.533. The maximum atomic E-state index is 12.8. The monoisotopic (exact) mass is 400 g/mol. The number of rotatable bonds is 8. The summed E-state index contributed by atoms with van der Waals surface area (Å²) in [5, 5.41) is 16.0. The van der Waals surface area contributed by atoms with Crippen LogP contribution in [0.1, 0.15) is 42.5 Å². The van der Waals surface area contributed by atoms with E-state index in [1.54, 1.807) is 12.1 Å². The molecule has 1 aliphatic carbocycles. The van der Waals surface area contributed by atoms with Gasteiger partial charge in [0, 0.05) is 30.4 Å². The van der Waals surface area contributed by atoms with Crippen molar-refractivity contribution in [2.75, 3.05) is 6.54 Å². The van der Waals surface area contributed by atoms with Crippen LogP contribution in [0.25, 0.3) is 10.9 Å². The topological polar surface area (TPSA) is 126 Å². The summed E-state index contributed by atoms with van der Waals surface area (Å²) in [6, 6.07) is 6.19. The lowest BCUT2D eigenvalue weighted by molar-refractivity contribution is -0.142. The number of aryl methyl sites for hydroxylation is 1. The number of fused-ring (bicyclic) bond motifs is 1. The largest absolute Gasteiger partial charge is 0.481 e. The van der Waals surface area contributed by atoms with Crippen molar-refractivity contribution in [3.63, 3.8) is 0 Å². The Labute approximate surface area is 169 Å². The fourth-order valence-corrected chi connectivity index (χ4v) is 3.95. The molecule has 2 aromatic rings. The Morgan fingerprint density at radius 1 is 1.28 bits per heavy atom. The Hall–Kier alpha value is -2.87. The second-order valence-corrected chi connectivity index (χ2v) is 7.65. The number of benzene rings is 1. The number of nitrogens with one attached hydrogen (secondary N) is 2. The minimum Gasteiger partial charge on any atom is -0.481 e. The van der Waals surface area contributed by atoms with Crippen LogP contribution in [0.3, 0.4) is 0 Å². The zero-order chi connectivity index (χ0) is 21.0. The van der Waals surface area contributed by atoms with E-state index in [4.69, 9.17) is 5.73 Å². The second kappa shape index (κ2) is 9.09. The van der Waals surface area contributed by atoms with Crippen LogP contribution in [-0.2, 0) is 16.6 Å². The Kier molecular flexibility index (Phi) is 6.53. The van der Waals surface area contributed by atoms with Crippen LogP contribution < -0.4 is 16.4 Å². The molecule has 3 atom stereocenters. The Bertz CT molecular complexity index is 907. The van der Waals surface area contributed by atoms with Crippen LogP contribution >= 0.6 is 0 Å². The van der Waals surface area contributed by atoms with Crippen molar-refractivity contribution in [2.45, 2.75) is 44.2 Å². The highest BCUT2D eigenvalue weighted by atomic mass is 16.4. The van der Waals surface area contributed by atoms with Crippen molar-refractivity contribution < 1.29 is 19.5 Å². The number of carboxylic acids is 1. The molecule has 1 fully saturated rings. The lowest BCUT2D eigenvalue weighted by Gasteiger charge is -2.23. The highest BCUT2D eigenvalue weighted by Gasteiger charge is 2.35. The van der Waals surface area contributed by atoms with Gasteiger partial charge in [-0.25, -0.2) is 0 Å². The number of hydrogen-bond acceptors (Lipinski definition) is 4. The summed E-state index contributed by atoms with van der Waals surface area (Å²) in [7, 11) is 1.90. The van der Waals surface area contributed by atoms with Crippen LogP contribution in [0, 0.1) is 5.92 Å².